The Hall–Kier alpha value is -2.18. The fourth-order valence-corrected chi connectivity index (χ4v) is 4.85. The molecule has 0 bridgehead atoms. The maximum absolute atomic E-state index is 12.1. The molecule has 2 aromatic rings. The summed E-state index contributed by atoms with van der Waals surface area (Å²) in [6.45, 7) is 4.90. The molecule has 6 nitrogen and oxygen atoms in total. The number of ether oxygens (including phenoxy) is 1. The van der Waals surface area contributed by atoms with Crippen molar-refractivity contribution < 1.29 is 4.74 Å². The van der Waals surface area contributed by atoms with Crippen LogP contribution in [-0.2, 0) is 26.1 Å². The van der Waals surface area contributed by atoms with Gasteiger partial charge < -0.3 is 14.2 Å². The van der Waals surface area contributed by atoms with Crippen molar-refractivity contribution in [3.8, 4) is 5.75 Å². The van der Waals surface area contributed by atoms with E-state index in [1.807, 2.05) is 0 Å². The minimum atomic E-state index is -0.0752. The Balaban J connectivity index is 1.51. The van der Waals surface area contributed by atoms with Gasteiger partial charge in [0.1, 0.15) is 11.6 Å². The maximum Gasteiger partial charge on any atom is 0.273 e. The second-order valence-corrected chi connectivity index (χ2v) is 8.65. The largest absolute Gasteiger partial charge is 0.496 e. The number of likely N-dealkylation sites (tertiary alicyclic amines) is 1. The van der Waals surface area contributed by atoms with E-state index in [0.717, 1.165) is 70.0 Å². The first-order chi connectivity index (χ1) is 14.0. The molecule has 4 rings (SSSR count). The molecule has 1 atom stereocenters. The van der Waals surface area contributed by atoms with E-state index in [1.54, 1.807) is 13.2 Å². The number of methoxy groups -OCH3 is 1. The van der Waals surface area contributed by atoms with Gasteiger partial charge in [-0.1, -0.05) is 6.07 Å². The van der Waals surface area contributed by atoms with Crippen molar-refractivity contribution in [3.63, 3.8) is 0 Å². The van der Waals surface area contributed by atoms with Gasteiger partial charge in [0.2, 0.25) is 0 Å². The van der Waals surface area contributed by atoms with Crippen LogP contribution in [0.15, 0.2) is 29.1 Å². The van der Waals surface area contributed by atoms with Crippen molar-refractivity contribution >= 4 is 0 Å². The fourth-order valence-electron chi connectivity index (χ4n) is 4.85. The number of aromatic nitrogens is 2. The molecule has 1 aromatic carbocycles. The minimum absolute atomic E-state index is 0.0752. The summed E-state index contributed by atoms with van der Waals surface area (Å²) in [5.74, 6) is 2.34. The van der Waals surface area contributed by atoms with Gasteiger partial charge in [0.25, 0.3) is 5.56 Å². The molecule has 0 saturated carbocycles. The summed E-state index contributed by atoms with van der Waals surface area (Å²) in [4.78, 5) is 21.0. The minimum Gasteiger partial charge on any atom is -0.496 e. The molecule has 0 amide bonds. The standard InChI is InChI=1S/C23H32N4O2/c1-25(2)15-19-12-17(8-9-21(19)29-3)14-26-10-4-6-18(16-26)20-13-23(28)24-22-7-5-11-27(20)22/h8-9,12-13,18H,4-7,10-11,14-16H2,1-3H3. The van der Waals surface area contributed by atoms with E-state index < -0.39 is 0 Å². The quantitative estimate of drug-likeness (QED) is 0.751. The molecule has 29 heavy (non-hydrogen) atoms. The van der Waals surface area contributed by atoms with Crippen LogP contribution in [0.5, 0.6) is 5.75 Å². The highest BCUT2D eigenvalue weighted by atomic mass is 16.5. The van der Waals surface area contributed by atoms with E-state index in [1.165, 1.54) is 16.8 Å². The van der Waals surface area contributed by atoms with Crippen molar-refractivity contribution in [2.24, 2.45) is 0 Å². The Labute approximate surface area is 173 Å². The summed E-state index contributed by atoms with van der Waals surface area (Å²) in [5.41, 5.74) is 3.67. The zero-order chi connectivity index (χ0) is 20.4. The van der Waals surface area contributed by atoms with Gasteiger partial charge in [-0.25, -0.2) is 0 Å². The lowest BCUT2D eigenvalue weighted by Gasteiger charge is -2.34. The second kappa shape index (κ2) is 8.67. The lowest BCUT2D eigenvalue weighted by Crippen LogP contribution is -2.35. The highest BCUT2D eigenvalue weighted by molar-refractivity contribution is 5.37. The maximum atomic E-state index is 12.1. The summed E-state index contributed by atoms with van der Waals surface area (Å²) < 4.78 is 7.85. The number of piperidine rings is 1. The van der Waals surface area contributed by atoms with Crippen LogP contribution in [0, 0.1) is 0 Å². The van der Waals surface area contributed by atoms with Crippen molar-refractivity contribution in [2.75, 3.05) is 34.3 Å². The average Bonchev–Trinajstić information content (AvgIpc) is 3.15. The van der Waals surface area contributed by atoms with E-state index in [4.69, 9.17) is 4.74 Å². The van der Waals surface area contributed by atoms with Gasteiger partial charge >= 0.3 is 0 Å². The van der Waals surface area contributed by atoms with Crippen molar-refractivity contribution in [1.82, 2.24) is 19.4 Å². The van der Waals surface area contributed by atoms with Crippen LogP contribution < -0.4 is 10.3 Å². The van der Waals surface area contributed by atoms with Gasteiger partial charge in [0, 0.05) is 55.8 Å². The molecule has 156 valence electrons. The Morgan fingerprint density at radius 3 is 2.86 bits per heavy atom. The van der Waals surface area contributed by atoms with Crippen LogP contribution in [0.2, 0.25) is 0 Å². The van der Waals surface area contributed by atoms with Gasteiger partial charge in [-0.05, 0) is 57.6 Å². The third-order valence-corrected chi connectivity index (χ3v) is 6.08. The number of hydrogen-bond acceptors (Lipinski definition) is 5. The molecule has 0 spiro atoms. The Kier molecular flexibility index (Phi) is 6.01. The number of hydrogen-bond donors (Lipinski definition) is 0. The molecular weight excluding hydrogens is 364 g/mol. The monoisotopic (exact) mass is 396 g/mol. The van der Waals surface area contributed by atoms with Crippen molar-refractivity contribution in [3.05, 3.63) is 57.3 Å². The smallest absolute Gasteiger partial charge is 0.273 e. The topological polar surface area (TPSA) is 50.6 Å². The highest BCUT2D eigenvalue weighted by Crippen LogP contribution is 2.30. The van der Waals surface area contributed by atoms with Crippen LogP contribution in [0.25, 0.3) is 0 Å². The molecule has 2 aliphatic rings. The van der Waals surface area contributed by atoms with Crippen LogP contribution in [0.3, 0.4) is 0 Å². The molecule has 1 fully saturated rings. The van der Waals surface area contributed by atoms with E-state index in [0.29, 0.717) is 5.92 Å². The summed E-state index contributed by atoms with van der Waals surface area (Å²) in [6, 6.07) is 8.32. The third-order valence-electron chi connectivity index (χ3n) is 6.08. The highest BCUT2D eigenvalue weighted by Gasteiger charge is 2.26. The van der Waals surface area contributed by atoms with Gasteiger partial charge in [-0.15, -0.1) is 0 Å². The van der Waals surface area contributed by atoms with Gasteiger partial charge in [0.15, 0.2) is 0 Å². The summed E-state index contributed by atoms with van der Waals surface area (Å²) in [5, 5.41) is 0. The molecule has 1 aromatic heterocycles. The lowest BCUT2D eigenvalue weighted by molar-refractivity contribution is 0.196. The number of rotatable bonds is 6. The van der Waals surface area contributed by atoms with Crippen LogP contribution in [0.4, 0.5) is 0 Å². The first-order valence-electron chi connectivity index (χ1n) is 10.7. The van der Waals surface area contributed by atoms with Gasteiger partial charge in [-0.2, -0.15) is 4.98 Å². The summed E-state index contributed by atoms with van der Waals surface area (Å²) in [6.07, 6.45) is 4.34. The summed E-state index contributed by atoms with van der Waals surface area (Å²) in [7, 11) is 5.89. The Morgan fingerprint density at radius 2 is 2.07 bits per heavy atom. The van der Waals surface area contributed by atoms with E-state index in [9.17, 15) is 4.79 Å². The molecule has 3 heterocycles. The SMILES string of the molecule is COc1ccc(CN2CCCC(c3cc(=O)nc4n3CCC4)C2)cc1CN(C)C. The molecular formula is C23H32N4O2. The molecule has 2 aliphatic heterocycles. The van der Waals surface area contributed by atoms with E-state index in [2.05, 4.69) is 51.6 Å². The first-order valence-corrected chi connectivity index (χ1v) is 10.7. The molecule has 1 unspecified atom stereocenters. The molecule has 0 aliphatic carbocycles. The Morgan fingerprint density at radius 1 is 1.21 bits per heavy atom. The molecule has 0 radical (unpaired) electrons. The normalized spacial score (nSPS) is 19.5. The summed E-state index contributed by atoms with van der Waals surface area (Å²) >= 11 is 0. The van der Waals surface area contributed by atoms with Crippen molar-refractivity contribution in [1.29, 1.82) is 0 Å². The van der Waals surface area contributed by atoms with Crippen LogP contribution >= 0.6 is 0 Å². The number of fused-ring (bicyclic) bond motifs is 1. The second-order valence-electron chi connectivity index (χ2n) is 8.65. The molecule has 6 heteroatoms. The Bertz CT molecular complexity index is 922. The zero-order valence-corrected chi connectivity index (χ0v) is 17.9. The zero-order valence-electron chi connectivity index (χ0n) is 17.9. The van der Waals surface area contributed by atoms with Crippen molar-refractivity contribution in [2.45, 2.75) is 51.2 Å². The average molecular weight is 397 g/mol. The molecule has 0 N–H and O–H groups in total. The van der Waals surface area contributed by atoms with Gasteiger partial charge in [-0.3, -0.25) is 9.69 Å². The van der Waals surface area contributed by atoms with E-state index >= 15 is 0 Å². The fraction of sp³-hybridized carbons (Fsp3) is 0.565. The number of nitrogens with zero attached hydrogens (tertiary/aromatic N) is 4. The van der Waals surface area contributed by atoms with E-state index in [-0.39, 0.29) is 5.56 Å². The third kappa shape index (κ3) is 4.54. The van der Waals surface area contributed by atoms with Gasteiger partial charge in [0.05, 0.1) is 7.11 Å². The number of benzene rings is 1. The molecule has 1 saturated heterocycles. The number of aryl methyl sites for hydroxylation is 1. The van der Waals surface area contributed by atoms with Crippen LogP contribution in [-0.4, -0.2) is 53.6 Å². The first kappa shape index (κ1) is 20.1. The predicted octanol–water partition coefficient (Wildman–Crippen LogP) is 2.64. The predicted molar refractivity (Wildman–Crippen MR) is 114 cm³/mol. The lowest BCUT2D eigenvalue weighted by atomic mass is 9.93. The van der Waals surface area contributed by atoms with Crippen LogP contribution in [0.1, 0.15) is 47.8 Å².